The number of rotatable bonds is 6. The van der Waals surface area contributed by atoms with Crippen LogP contribution in [0.25, 0.3) is 16.9 Å². The predicted octanol–water partition coefficient (Wildman–Crippen LogP) is 7.04. The molecule has 35 heavy (non-hydrogen) atoms. The van der Waals surface area contributed by atoms with E-state index in [9.17, 15) is 4.79 Å². The van der Waals surface area contributed by atoms with Crippen molar-refractivity contribution in [2.45, 2.75) is 45.1 Å². The van der Waals surface area contributed by atoms with Gasteiger partial charge in [-0.05, 0) is 78.2 Å². The number of anilines is 1. The van der Waals surface area contributed by atoms with Crippen molar-refractivity contribution in [1.82, 2.24) is 9.38 Å². The summed E-state index contributed by atoms with van der Waals surface area (Å²) in [4.78, 5) is 17.6. The van der Waals surface area contributed by atoms with Crippen LogP contribution in [0.3, 0.4) is 0 Å². The molecule has 0 amide bonds. The summed E-state index contributed by atoms with van der Waals surface area (Å²) in [6.07, 6.45) is 8.11. The van der Waals surface area contributed by atoms with Gasteiger partial charge in [-0.15, -0.1) is 0 Å². The Hall–Kier alpha value is -3.32. The number of ether oxygens (including phenoxy) is 2. The van der Waals surface area contributed by atoms with Gasteiger partial charge in [-0.3, -0.25) is 4.40 Å². The molecule has 7 heteroatoms. The lowest BCUT2D eigenvalue weighted by Crippen LogP contribution is -2.23. The molecule has 0 atom stereocenters. The van der Waals surface area contributed by atoms with Gasteiger partial charge in [-0.25, -0.2) is 9.78 Å². The van der Waals surface area contributed by atoms with Crippen molar-refractivity contribution >= 4 is 33.4 Å². The van der Waals surface area contributed by atoms with Gasteiger partial charge in [0.05, 0.1) is 12.7 Å². The molecule has 1 N–H and O–H groups in total. The summed E-state index contributed by atoms with van der Waals surface area (Å²) in [6.45, 7) is 1.98. The van der Waals surface area contributed by atoms with E-state index in [-0.39, 0.29) is 0 Å². The Balaban J connectivity index is 1.49. The Morgan fingerprint density at radius 1 is 1.03 bits per heavy atom. The molecule has 2 aromatic carbocycles. The highest BCUT2D eigenvalue weighted by atomic mass is 79.9. The molecule has 5 rings (SSSR count). The highest BCUT2D eigenvalue weighted by molar-refractivity contribution is 9.10. The van der Waals surface area contributed by atoms with Crippen LogP contribution in [-0.4, -0.2) is 28.5 Å². The molecule has 0 unspecified atom stereocenters. The SMILES string of the molecule is COc1cc(-c2nc3ccc(Br)cn3c2NC2CCCCC2)ccc1OC(=O)c1ccc(C)cc1. The summed E-state index contributed by atoms with van der Waals surface area (Å²) in [5, 5.41) is 3.76. The van der Waals surface area contributed by atoms with Gasteiger partial charge < -0.3 is 14.8 Å². The van der Waals surface area contributed by atoms with E-state index in [1.54, 1.807) is 25.3 Å². The van der Waals surface area contributed by atoms with Crippen LogP contribution >= 0.6 is 15.9 Å². The van der Waals surface area contributed by atoms with Gasteiger partial charge in [0.25, 0.3) is 0 Å². The molecule has 0 spiro atoms. The molecule has 0 saturated heterocycles. The van der Waals surface area contributed by atoms with Crippen LogP contribution in [0.4, 0.5) is 5.82 Å². The Labute approximate surface area is 213 Å². The molecule has 6 nitrogen and oxygen atoms in total. The van der Waals surface area contributed by atoms with Crippen LogP contribution in [0, 0.1) is 6.92 Å². The van der Waals surface area contributed by atoms with Crippen LogP contribution in [-0.2, 0) is 0 Å². The predicted molar refractivity (Wildman–Crippen MR) is 142 cm³/mol. The number of imidazole rings is 1. The average Bonchev–Trinajstić information content (AvgIpc) is 3.22. The second-order valence-electron chi connectivity index (χ2n) is 8.98. The van der Waals surface area contributed by atoms with Crippen LogP contribution < -0.4 is 14.8 Å². The minimum atomic E-state index is -0.423. The summed E-state index contributed by atoms with van der Waals surface area (Å²) in [5.41, 5.74) is 4.15. The van der Waals surface area contributed by atoms with Gasteiger partial charge in [0.15, 0.2) is 11.5 Å². The number of carbonyl (C=O) groups excluding carboxylic acids is 1. The lowest BCUT2D eigenvalue weighted by atomic mass is 9.95. The Kier molecular flexibility index (Phi) is 6.77. The molecule has 2 aromatic heterocycles. The van der Waals surface area contributed by atoms with Crippen molar-refractivity contribution in [3.63, 3.8) is 0 Å². The van der Waals surface area contributed by atoms with E-state index < -0.39 is 5.97 Å². The summed E-state index contributed by atoms with van der Waals surface area (Å²) in [6, 6.07) is 17.3. The zero-order chi connectivity index (χ0) is 24.4. The molecule has 1 fully saturated rings. The third kappa shape index (κ3) is 5.05. The Morgan fingerprint density at radius 3 is 2.54 bits per heavy atom. The van der Waals surface area contributed by atoms with E-state index in [2.05, 4.69) is 25.6 Å². The van der Waals surface area contributed by atoms with Crippen molar-refractivity contribution in [2.24, 2.45) is 0 Å². The molecule has 4 aromatic rings. The number of halogens is 1. The maximum Gasteiger partial charge on any atom is 0.343 e. The van der Waals surface area contributed by atoms with Gasteiger partial charge in [0.2, 0.25) is 0 Å². The molecular formula is C28H28BrN3O3. The smallest absolute Gasteiger partial charge is 0.343 e. The number of hydrogen-bond donors (Lipinski definition) is 1. The molecule has 180 valence electrons. The third-order valence-corrected chi connectivity index (χ3v) is 6.92. The van der Waals surface area contributed by atoms with Crippen LogP contribution in [0.5, 0.6) is 11.5 Å². The molecule has 2 heterocycles. The molecule has 1 aliphatic carbocycles. The quantitative estimate of drug-likeness (QED) is 0.212. The van der Waals surface area contributed by atoms with Crippen molar-refractivity contribution in [3.05, 3.63) is 76.4 Å². The topological polar surface area (TPSA) is 64.9 Å². The number of fused-ring (bicyclic) bond motifs is 1. The first-order valence-corrected chi connectivity index (χ1v) is 12.7. The minimum absolute atomic E-state index is 0.370. The second kappa shape index (κ2) is 10.1. The highest BCUT2D eigenvalue weighted by Gasteiger charge is 2.21. The number of carbonyl (C=O) groups is 1. The number of nitrogens with zero attached hydrogens (tertiary/aromatic N) is 2. The van der Waals surface area contributed by atoms with Crippen molar-refractivity contribution in [1.29, 1.82) is 0 Å². The zero-order valence-electron chi connectivity index (χ0n) is 19.9. The van der Waals surface area contributed by atoms with Gasteiger partial charge >= 0.3 is 5.97 Å². The van der Waals surface area contributed by atoms with Gasteiger partial charge in [0.1, 0.15) is 17.2 Å². The molecule has 0 radical (unpaired) electrons. The minimum Gasteiger partial charge on any atom is -0.493 e. The van der Waals surface area contributed by atoms with Crippen LogP contribution in [0.15, 0.2) is 65.3 Å². The van der Waals surface area contributed by atoms with Crippen molar-refractivity contribution in [3.8, 4) is 22.8 Å². The average molecular weight is 534 g/mol. The van der Waals surface area contributed by atoms with Gasteiger partial charge in [-0.2, -0.15) is 0 Å². The molecule has 1 aliphatic rings. The number of hydrogen-bond acceptors (Lipinski definition) is 5. The fourth-order valence-corrected chi connectivity index (χ4v) is 4.88. The number of aromatic nitrogens is 2. The summed E-state index contributed by atoms with van der Waals surface area (Å²) < 4.78 is 14.3. The number of benzene rings is 2. The zero-order valence-corrected chi connectivity index (χ0v) is 21.5. The summed E-state index contributed by atoms with van der Waals surface area (Å²) in [5.74, 6) is 1.38. The molecule has 0 aliphatic heterocycles. The van der Waals surface area contributed by atoms with Gasteiger partial charge in [-0.1, -0.05) is 37.0 Å². The molecular weight excluding hydrogens is 506 g/mol. The number of esters is 1. The lowest BCUT2D eigenvalue weighted by molar-refractivity contribution is 0.0729. The maximum atomic E-state index is 12.7. The summed E-state index contributed by atoms with van der Waals surface area (Å²) >= 11 is 3.59. The fraction of sp³-hybridized carbons (Fsp3) is 0.286. The number of methoxy groups -OCH3 is 1. The third-order valence-electron chi connectivity index (χ3n) is 6.46. The maximum absolute atomic E-state index is 12.7. The van der Waals surface area contributed by atoms with Crippen molar-refractivity contribution in [2.75, 3.05) is 12.4 Å². The largest absolute Gasteiger partial charge is 0.493 e. The van der Waals surface area contributed by atoms with E-state index in [1.165, 1.54) is 19.3 Å². The first kappa shape index (κ1) is 23.4. The van der Waals surface area contributed by atoms with E-state index in [1.807, 2.05) is 49.5 Å². The summed E-state index contributed by atoms with van der Waals surface area (Å²) in [7, 11) is 1.57. The standard InChI is InChI=1S/C28H28BrN3O3/c1-18-8-10-19(11-9-18)28(33)35-23-14-12-20(16-24(23)34-2)26-27(30-22-6-4-3-5-7-22)32-17-21(29)13-15-25(32)31-26/h8-17,22,30H,3-7H2,1-2H3. The van der Waals surface area contributed by atoms with E-state index in [0.717, 1.165) is 45.6 Å². The van der Waals surface area contributed by atoms with E-state index in [0.29, 0.717) is 23.1 Å². The van der Waals surface area contributed by atoms with Crippen LogP contribution in [0.2, 0.25) is 0 Å². The first-order valence-electron chi connectivity index (χ1n) is 11.9. The normalized spacial score (nSPS) is 14.1. The van der Waals surface area contributed by atoms with E-state index in [4.69, 9.17) is 14.5 Å². The Bertz CT molecular complexity index is 1360. The number of nitrogens with one attached hydrogen (secondary N) is 1. The fourth-order valence-electron chi connectivity index (χ4n) is 4.55. The highest BCUT2D eigenvalue weighted by Crippen LogP contribution is 2.37. The van der Waals surface area contributed by atoms with Gasteiger partial charge in [0, 0.05) is 22.3 Å². The first-order chi connectivity index (χ1) is 17.0. The lowest BCUT2D eigenvalue weighted by Gasteiger charge is -2.24. The molecule has 0 bridgehead atoms. The molecule has 1 saturated carbocycles. The number of aryl methyl sites for hydroxylation is 1. The van der Waals surface area contributed by atoms with Crippen molar-refractivity contribution < 1.29 is 14.3 Å². The van der Waals surface area contributed by atoms with E-state index >= 15 is 0 Å². The Morgan fingerprint density at radius 2 is 1.80 bits per heavy atom. The monoisotopic (exact) mass is 533 g/mol. The van der Waals surface area contributed by atoms with Crippen LogP contribution in [0.1, 0.15) is 48.0 Å². The number of pyridine rings is 1. The second-order valence-corrected chi connectivity index (χ2v) is 9.90.